The maximum Gasteiger partial charge on any atom is 0.340 e. The lowest BCUT2D eigenvalue weighted by Gasteiger charge is -2.07. The summed E-state index contributed by atoms with van der Waals surface area (Å²) in [5.74, 6) is 5.00. The molecule has 0 bridgehead atoms. The highest BCUT2D eigenvalue weighted by atomic mass is 16.5. The highest BCUT2D eigenvalue weighted by Gasteiger charge is 2.19. The Balaban J connectivity index is 0.00000139. The van der Waals surface area contributed by atoms with Crippen LogP contribution in [0.4, 0.5) is 0 Å². The average Bonchev–Trinajstić information content (AvgIpc) is 2.96. The number of esters is 1. The Morgan fingerprint density at radius 3 is 2.58 bits per heavy atom. The van der Waals surface area contributed by atoms with Crippen LogP contribution in [0.2, 0.25) is 0 Å². The van der Waals surface area contributed by atoms with Gasteiger partial charge in [0.1, 0.15) is 11.1 Å². The molecule has 0 radical (unpaired) electrons. The van der Waals surface area contributed by atoms with Crippen molar-refractivity contribution in [3.05, 3.63) is 33.9 Å². The Morgan fingerprint density at radius 1 is 1.42 bits per heavy atom. The van der Waals surface area contributed by atoms with Crippen molar-refractivity contribution in [2.24, 2.45) is 7.05 Å². The first kappa shape index (κ1) is 19.5. The van der Waals surface area contributed by atoms with Gasteiger partial charge < -0.3 is 19.4 Å². The number of aryl methyl sites for hydroxylation is 1. The quantitative estimate of drug-likeness (QED) is 0.652. The minimum absolute atomic E-state index is 0.237. The first-order valence-electron chi connectivity index (χ1n) is 7.88. The van der Waals surface area contributed by atoms with Gasteiger partial charge in [0, 0.05) is 24.8 Å². The number of nitrogens with one attached hydrogen (secondary N) is 1. The third-order valence-corrected chi connectivity index (χ3v) is 3.00. The molecule has 2 aromatic heterocycles. The number of hydrogen-bond donors (Lipinski definition) is 2. The smallest absolute Gasteiger partial charge is 0.340 e. The second-order valence-corrected chi connectivity index (χ2v) is 5.44. The third-order valence-electron chi connectivity index (χ3n) is 3.00. The van der Waals surface area contributed by atoms with Gasteiger partial charge in [-0.2, -0.15) is 0 Å². The Hall–Kier alpha value is -2.52. The van der Waals surface area contributed by atoms with Gasteiger partial charge in [-0.3, -0.25) is 4.79 Å². The van der Waals surface area contributed by atoms with Gasteiger partial charge in [-0.15, -0.1) is 0 Å². The van der Waals surface area contributed by atoms with Crippen LogP contribution in [0.15, 0.2) is 17.2 Å². The van der Waals surface area contributed by atoms with Crippen LogP contribution in [0.1, 0.15) is 50.5 Å². The van der Waals surface area contributed by atoms with Crippen LogP contribution < -0.4 is 5.56 Å². The maximum absolute atomic E-state index is 12.2. The SMILES string of the molecule is CC.CCOC(=O)c1c[nH]c2c(=O)n(C)cc(C#CC(C)(C)O)c12. The van der Waals surface area contributed by atoms with Crippen LogP contribution in [-0.4, -0.2) is 32.8 Å². The fourth-order valence-electron chi connectivity index (χ4n) is 2.05. The second-order valence-electron chi connectivity index (χ2n) is 5.44. The summed E-state index contributed by atoms with van der Waals surface area (Å²) < 4.78 is 6.38. The number of hydrogen-bond acceptors (Lipinski definition) is 4. The predicted octanol–water partition coefficient (Wildman–Crippen LogP) is 2.19. The van der Waals surface area contributed by atoms with E-state index >= 15 is 0 Å². The van der Waals surface area contributed by atoms with Gasteiger partial charge in [-0.05, 0) is 20.8 Å². The Bertz CT molecular complexity index is 842. The predicted molar refractivity (Wildman–Crippen MR) is 94.0 cm³/mol. The zero-order chi connectivity index (χ0) is 18.5. The van der Waals surface area contributed by atoms with Crippen LogP contribution in [0.25, 0.3) is 10.9 Å². The molecule has 0 aromatic carbocycles. The lowest BCUT2D eigenvalue weighted by Crippen LogP contribution is -2.18. The van der Waals surface area contributed by atoms with Crippen LogP contribution >= 0.6 is 0 Å². The molecule has 0 atom stereocenters. The molecule has 0 saturated heterocycles. The van der Waals surface area contributed by atoms with Crippen molar-refractivity contribution in [2.75, 3.05) is 6.61 Å². The molecule has 2 N–H and O–H groups in total. The Morgan fingerprint density at radius 2 is 2.04 bits per heavy atom. The van der Waals surface area contributed by atoms with Gasteiger partial charge in [0.05, 0.1) is 17.7 Å². The number of ether oxygens (including phenoxy) is 1. The van der Waals surface area contributed by atoms with Gasteiger partial charge in [-0.1, -0.05) is 25.7 Å². The van der Waals surface area contributed by atoms with E-state index in [0.29, 0.717) is 10.9 Å². The molecule has 2 rings (SSSR count). The molecular weight excluding hydrogens is 308 g/mol. The highest BCUT2D eigenvalue weighted by molar-refractivity contribution is 6.06. The maximum atomic E-state index is 12.2. The molecule has 0 spiro atoms. The van der Waals surface area contributed by atoms with Crippen LogP contribution in [0.5, 0.6) is 0 Å². The summed E-state index contributed by atoms with van der Waals surface area (Å²) in [4.78, 5) is 27.0. The number of aromatic amines is 1. The van der Waals surface area contributed by atoms with E-state index in [1.54, 1.807) is 34.0 Å². The fourth-order valence-corrected chi connectivity index (χ4v) is 2.05. The summed E-state index contributed by atoms with van der Waals surface area (Å²) in [5, 5.41) is 10.2. The van der Waals surface area contributed by atoms with Gasteiger partial charge in [0.2, 0.25) is 0 Å². The zero-order valence-electron chi connectivity index (χ0n) is 15.0. The monoisotopic (exact) mass is 332 g/mol. The van der Waals surface area contributed by atoms with Crippen molar-refractivity contribution in [2.45, 2.75) is 40.2 Å². The summed E-state index contributed by atoms with van der Waals surface area (Å²) in [6.45, 7) is 9.06. The van der Waals surface area contributed by atoms with E-state index in [9.17, 15) is 14.7 Å². The first-order chi connectivity index (χ1) is 11.2. The van der Waals surface area contributed by atoms with E-state index in [1.165, 1.54) is 10.8 Å². The van der Waals surface area contributed by atoms with Gasteiger partial charge in [0.25, 0.3) is 5.56 Å². The molecular formula is C18H24N2O4. The molecule has 6 heteroatoms. The molecule has 0 aliphatic rings. The van der Waals surface area contributed by atoms with E-state index in [-0.39, 0.29) is 23.2 Å². The highest BCUT2D eigenvalue weighted by Crippen LogP contribution is 2.20. The van der Waals surface area contributed by atoms with Crippen molar-refractivity contribution in [1.29, 1.82) is 0 Å². The number of pyridine rings is 1. The van der Waals surface area contributed by atoms with Crippen molar-refractivity contribution >= 4 is 16.9 Å². The molecule has 0 unspecified atom stereocenters. The molecule has 2 heterocycles. The number of H-pyrrole nitrogens is 1. The third kappa shape index (κ3) is 4.27. The van der Waals surface area contributed by atoms with Crippen LogP contribution in [0.3, 0.4) is 0 Å². The van der Waals surface area contributed by atoms with E-state index < -0.39 is 11.6 Å². The summed E-state index contributed by atoms with van der Waals surface area (Å²) in [6, 6.07) is 0. The van der Waals surface area contributed by atoms with Crippen molar-refractivity contribution in [3.63, 3.8) is 0 Å². The Labute approximate surface area is 141 Å². The van der Waals surface area contributed by atoms with E-state index in [4.69, 9.17) is 4.74 Å². The summed E-state index contributed by atoms with van der Waals surface area (Å²) >= 11 is 0. The number of nitrogens with zero attached hydrogens (tertiary/aromatic N) is 1. The number of fused-ring (bicyclic) bond motifs is 1. The van der Waals surface area contributed by atoms with Gasteiger partial charge >= 0.3 is 5.97 Å². The second kappa shape index (κ2) is 7.84. The van der Waals surface area contributed by atoms with Crippen molar-refractivity contribution in [3.8, 4) is 11.8 Å². The molecule has 0 saturated carbocycles. The van der Waals surface area contributed by atoms with Crippen LogP contribution in [-0.2, 0) is 11.8 Å². The fraction of sp³-hybridized carbons (Fsp3) is 0.444. The van der Waals surface area contributed by atoms with Crippen LogP contribution in [0, 0.1) is 11.8 Å². The van der Waals surface area contributed by atoms with E-state index in [0.717, 1.165) is 0 Å². The number of rotatable bonds is 2. The van der Waals surface area contributed by atoms with E-state index in [2.05, 4.69) is 16.8 Å². The number of carbonyl (C=O) groups excluding carboxylic acids is 1. The van der Waals surface area contributed by atoms with E-state index in [1.807, 2.05) is 13.8 Å². The summed E-state index contributed by atoms with van der Waals surface area (Å²) in [6.07, 6.45) is 2.99. The topological polar surface area (TPSA) is 84.3 Å². The molecule has 0 fully saturated rings. The molecule has 24 heavy (non-hydrogen) atoms. The van der Waals surface area contributed by atoms with Crippen molar-refractivity contribution < 1.29 is 14.6 Å². The number of carbonyl (C=O) groups is 1. The largest absolute Gasteiger partial charge is 0.462 e. The van der Waals surface area contributed by atoms with Gasteiger partial charge in [0.15, 0.2) is 0 Å². The molecule has 0 aliphatic carbocycles. The minimum atomic E-state index is -1.18. The Kier molecular flexibility index (Phi) is 6.38. The number of aliphatic hydroxyl groups is 1. The molecule has 2 aromatic rings. The molecule has 6 nitrogen and oxygen atoms in total. The lowest BCUT2D eigenvalue weighted by atomic mass is 10.1. The summed E-state index contributed by atoms with van der Waals surface area (Å²) in [7, 11) is 1.60. The summed E-state index contributed by atoms with van der Waals surface area (Å²) in [5.41, 5.74) is -0.424. The zero-order valence-corrected chi connectivity index (χ0v) is 15.0. The van der Waals surface area contributed by atoms with Gasteiger partial charge in [-0.25, -0.2) is 4.79 Å². The first-order valence-corrected chi connectivity index (χ1v) is 7.88. The van der Waals surface area contributed by atoms with Crippen molar-refractivity contribution in [1.82, 2.24) is 9.55 Å². The molecule has 0 amide bonds. The molecule has 0 aliphatic heterocycles. The average molecular weight is 332 g/mol. The lowest BCUT2D eigenvalue weighted by molar-refractivity contribution is 0.0528. The number of aromatic nitrogens is 2. The normalized spacial score (nSPS) is 10.5. The molecule has 130 valence electrons. The minimum Gasteiger partial charge on any atom is -0.462 e. The standard InChI is InChI=1S/C16H18N2O4.C2H6/c1-5-22-15(20)11-8-17-13-12(11)10(6-7-16(2,3)21)9-18(4)14(13)19;1-2/h8-9,17,21H,5H2,1-4H3;1-2H3.